The topological polar surface area (TPSA) is 56.7 Å². The van der Waals surface area contributed by atoms with E-state index in [1.807, 2.05) is 57.6 Å². The smallest absolute Gasteiger partial charge is 0.267 e. The first-order valence-electron chi connectivity index (χ1n) is 10.2. The molecule has 0 radical (unpaired) electrons. The predicted octanol–water partition coefficient (Wildman–Crippen LogP) is 3.62. The van der Waals surface area contributed by atoms with Crippen molar-refractivity contribution in [2.24, 2.45) is 0 Å². The Balaban J connectivity index is 1.77. The minimum Gasteiger partial charge on any atom is -0.497 e. The first-order valence-corrected chi connectivity index (χ1v) is 10.6. The summed E-state index contributed by atoms with van der Waals surface area (Å²) in [5.74, 6) is 1.25. The van der Waals surface area contributed by atoms with Crippen LogP contribution < -0.4 is 10.3 Å². The second kappa shape index (κ2) is 7.70. The van der Waals surface area contributed by atoms with Gasteiger partial charge >= 0.3 is 0 Å². The first-order chi connectivity index (χ1) is 14.7. The average Bonchev–Trinajstić information content (AvgIpc) is 3.11. The molecule has 4 aromatic rings. The third kappa shape index (κ3) is 3.12. The Kier molecular flexibility index (Phi) is 4.88. The highest BCUT2D eigenvalue weighted by molar-refractivity contribution is 7.71. The van der Waals surface area contributed by atoms with E-state index in [1.165, 1.54) is 19.3 Å². The molecule has 0 N–H and O–H groups in total. The molecule has 2 aromatic heterocycles. The monoisotopic (exact) mass is 421 g/mol. The summed E-state index contributed by atoms with van der Waals surface area (Å²) in [5, 5.41) is 5.41. The number of methoxy groups -OCH3 is 1. The van der Waals surface area contributed by atoms with E-state index < -0.39 is 0 Å². The lowest BCUT2D eigenvalue weighted by atomic mass is 10.1. The number of aromatic nitrogens is 4. The summed E-state index contributed by atoms with van der Waals surface area (Å²) in [6.07, 6.45) is 3.66. The Hall–Kier alpha value is -2.97. The van der Waals surface area contributed by atoms with Gasteiger partial charge < -0.3 is 4.74 Å². The Morgan fingerprint density at radius 2 is 1.77 bits per heavy atom. The van der Waals surface area contributed by atoms with E-state index in [9.17, 15) is 4.79 Å². The van der Waals surface area contributed by atoms with E-state index in [0.717, 1.165) is 30.0 Å². The minimum absolute atomic E-state index is 0.117. The fourth-order valence-corrected chi connectivity index (χ4v) is 4.44. The molecule has 0 amide bonds. The van der Waals surface area contributed by atoms with Crippen LogP contribution in [0.15, 0.2) is 53.3 Å². The number of likely N-dealkylation sites (tertiary alicyclic amines) is 1. The van der Waals surface area contributed by atoms with Crippen molar-refractivity contribution in [2.45, 2.75) is 25.9 Å². The highest BCUT2D eigenvalue weighted by atomic mass is 32.1. The maximum atomic E-state index is 13.4. The zero-order valence-electron chi connectivity index (χ0n) is 16.8. The van der Waals surface area contributed by atoms with Crippen LogP contribution in [0, 0.1) is 4.77 Å². The van der Waals surface area contributed by atoms with E-state index in [1.54, 1.807) is 11.7 Å². The summed E-state index contributed by atoms with van der Waals surface area (Å²) >= 11 is 5.82. The highest BCUT2D eigenvalue weighted by Gasteiger charge is 2.18. The number of para-hydroxylation sites is 1. The quantitative estimate of drug-likeness (QED) is 0.471. The Morgan fingerprint density at radius 3 is 2.50 bits per heavy atom. The maximum absolute atomic E-state index is 13.4. The van der Waals surface area contributed by atoms with E-state index in [2.05, 4.69) is 4.90 Å². The zero-order valence-corrected chi connectivity index (χ0v) is 17.6. The largest absolute Gasteiger partial charge is 0.497 e. The van der Waals surface area contributed by atoms with Crippen LogP contribution >= 0.6 is 12.2 Å². The van der Waals surface area contributed by atoms with Crippen LogP contribution in [0.3, 0.4) is 0 Å². The lowest BCUT2D eigenvalue weighted by Crippen LogP contribution is -2.32. The van der Waals surface area contributed by atoms with Crippen molar-refractivity contribution in [1.29, 1.82) is 0 Å². The Morgan fingerprint density at radius 1 is 1.03 bits per heavy atom. The van der Waals surface area contributed by atoms with Crippen molar-refractivity contribution in [3.05, 3.63) is 63.7 Å². The van der Waals surface area contributed by atoms with Crippen molar-refractivity contribution in [3.8, 4) is 11.4 Å². The molecular formula is C22H23N5O2S. The molecule has 0 unspecified atom stereocenters. The molecule has 1 aliphatic rings. The van der Waals surface area contributed by atoms with Gasteiger partial charge in [0.15, 0.2) is 0 Å². The van der Waals surface area contributed by atoms with Crippen LogP contribution in [0.2, 0.25) is 0 Å². The molecule has 1 fully saturated rings. The first kappa shape index (κ1) is 19.0. The van der Waals surface area contributed by atoms with Gasteiger partial charge in [0.25, 0.3) is 5.56 Å². The van der Waals surface area contributed by atoms with Crippen LogP contribution in [0.1, 0.15) is 19.3 Å². The summed E-state index contributed by atoms with van der Waals surface area (Å²) in [6, 6.07) is 15.0. The molecule has 0 atom stereocenters. The molecule has 2 aromatic carbocycles. The molecule has 154 valence electrons. The van der Waals surface area contributed by atoms with Crippen LogP contribution in [-0.2, 0) is 6.67 Å². The van der Waals surface area contributed by atoms with Crippen molar-refractivity contribution in [2.75, 3.05) is 20.2 Å². The highest BCUT2D eigenvalue weighted by Crippen LogP contribution is 2.20. The molecule has 3 heterocycles. The van der Waals surface area contributed by atoms with Crippen LogP contribution in [0.5, 0.6) is 5.75 Å². The lowest BCUT2D eigenvalue weighted by Gasteiger charge is -2.25. The van der Waals surface area contributed by atoms with Crippen LogP contribution in [0.25, 0.3) is 22.4 Å². The summed E-state index contributed by atoms with van der Waals surface area (Å²) in [4.78, 5) is 15.8. The van der Waals surface area contributed by atoms with Gasteiger partial charge in [0.1, 0.15) is 5.75 Å². The lowest BCUT2D eigenvalue weighted by molar-refractivity contribution is 0.172. The van der Waals surface area contributed by atoms with E-state index in [0.29, 0.717) is 22.6 Å². The Bertz CT molecular complexity index is 1330. The van der Waals surface area contributed by atoms with E-state index >= 15 is 0 Å². The van der Waals surface area contributed by atoms with Crippen molar-refractivity contribution < 1.29 is 4.74 Å². The molecule has 0 bridgehead atoms. The summed E-state index contributed by atoms with van der Waals surface area (Å²) in [5.41, 5.74) is 1.38. The molecule has 7 nitrogen and oxygen atoms in total. The number of piperidine rings is 1. The number of nitrogens with zero attached hydrogens (tertiary/aromatic N) is 5. The molecule has 0 aliphatic carbocycles. The minimum atomic E-state index is -0.117. The van der Waals surface area contributed by atoms with Crippen molar-refractivity contribution in [3.63, 3.8) is 0 Å². The standard InChI is InChI=1S/C22H23N5O2S/c1-29-17-11-9-16(10-12-17)26-20(28)18-7-3-4-8-19(18)27-21(26)23-25(22(27)30)15-24-13-5-2-6-14-24/h3-4,7-12H,2,5-6,13-15H2,1H3. The predicted molar refractivity (Wildman–Crippen MR) is 119 cm³/mol. The number of ether oxygens (including phenoxy) is 1. The number of fused-ring (bicyclic) bond motifs is 3. The SMILES string of the molecule is COc1ccc(-n2c(=O)c3ccccc3n3c(=S)n(CN4CCCCC4)nc23)cc1. The number of hydrogen-bond acceptors (Lipinski definition) is 5. The molecule has 0 spiro atoms. The van der Waals surface area contributed by atoms with Gasteiger partial charge in [-0.1, -0.05) is 18.6 Å². The molecular weight excluding hydrogens is 398 g/mol. The van der Waals surface area contributed by atoms with Gasteiger partial charge in [0.05, 0.1) is 30.4 Å². The van der Waals surface area contributed by atoms with E-state index in [4.69, 9.17) is 22.1 Å². The number of benzene rings is 2. The number of rotatable bonds is 4. The van der Waals surface area contributed by atoms with Gasteiger partial charge in [-0.05, 0) is 74.5 Å². The fourth-order valence-electron chi connectivity index (χ4n) is 4.16. The third-order valence-corrected chi connectivity index (χ3v) is 6.11. The molecule has 1 aliphatic heterocycles. The number of hydrogen-bond donors (Lipinski definition) is 0. The zero-order chi connectivity index (χ0) is 20.7. The average molecular weight is 422 g/mol. The normalized spacial score (nSPS) is 15.1. The second-order valence-corrected chi connectivity index (χ2v) is 7.96. The summed E-state index contributed by atoms with van der Waals surface area (Å²) in [7, 11) is 1.62. The molecule has 1 saturated heterocycles. The molecule has 5 rings (SSSR count). The van der Waals surface area contributed by atoms with E-state index in [-0.39, 0.29) is 5.56 Å². The second-order valence-electron chi connectivity index (χ2n) is 7.59. The van der Waals surface area contributed by atoms with Gasteiger partial charge in [-0.2, -0.15) is 0 Å². The molecule has 30 heavy (non-hydrogen) atoms. The Labute approximate surface area is 178 Å². The van der Waals surface area contributed by atoms with Gasteiger partial charge in [0, 0.05) is 0 Å². The van der Waals surface area contributed by atoms with Crippen molar-refractivity contribution >= 4 is 28.9 Å². The maximum Gasteiger partial charge on any atom is 0.267 e. The van der Waals surface area contributed by atoms with Gasteiger partial charge in [-0.25, -0.2) is 9.25 Å². The molecule has 0 saturated carbocycles. The van der Waals surface area contributed by atoms with Crippen LogP contribution in [0.4, 0.5) is 0 Å². The summed E-state index contributed by atoms with van der Waals surface area (Å²) < 4.78 is 11.2. The fraction of sp³-hybridized carbons (Fsp3) is 0.318. The van der Waals surface area contributed by atoms with Crippen molar-refractivity contribution in [1.82, 2.24) is 23.6 Å². The van der Waals surface area contributed by atoms with Gasteiger partial charge in [0.2, 0.25) is 10.5 Å². The molecule has 8 heteroatoms. The van der Waals surface area contributed by atoms with Crippen LogP contribution in [-0.4, -0.2) is 43.8 Å². The summed E-state index contributed by atoms with van der Waals surface area (Å²) in [6.45, 7) is 2.72. The van der Waals surface area contributed by atoms with Gasteiger partial charge in [-0.3, -0.25) is 14.1 Å². The van der Waals surface area contributed by atoms with Gasteiger partial charge in [-0.15, -0.1) is 5.10 Å². The third-order valence-electron chi connectivity index (χ3n) is 5.71.